The van der Waals surface area contributed by atoms with E-state index in [1.165, 1.54) is 6.33 Å². The van der Waals surface area contributed by atoms with Gasteiger partial charge in [0.2, 0.25) is 0 Å². The lowest BCUT2D eigenvalue weighted by Gasteiger charge is -2.20. The summed E-state index contributed by atoms with van der Waals surface area (Å²) < 4.78 is 0. The summed E-state index contributed by atoms with van der Waals surface area (Å²) in [6, 6.07) is 0.139. The summed E-state index contributed by atoms with van der Waals surface area (Å²) >= 11 is 5.87. The minimum atomic E-state index is 0.139. The molecule has 0 saturated heterocycles. The molecule has 0 aliphatic rings. The van der Waals surface area contributed by atoms with Crippen LogP contribution in [-0.4, -0.2) is 27.7 Å². The van der Waals surface area contributed by atoms with Gasteiger partial charge in [-0.3, -0.25) is 0 Å². The molecular weight excluding hydrogens is 214 g/mol. The van der Waals surface area contributed by atoms with E-state index in [-0.39, 0.29) is 18.6 Å². The molecular formula is C10H16ClN3O. The molecule has 4 nitrogen and oxygen atoms in total. The summed E-state index contributed by atoms with van der Waals surface area (Å²) in [4.78, 5) is 7.98. The van der Waals surface area contributed by atoms with Crippen molar-refractivity contribution in [2.75, 3.05) is 11.9 Å². The third-order valence-corrected chi connectivity index (χ3v) is 2.91. The molecule has 15 heavy (non-hydrogen) atoms. The second-order valence-corrected chi connectivity index (χ2v) is 4.09. The summed E-state index contributed by atoms with van der Waals surface area (Å²) in [6.45, 7) is 5.97. The van der Waals surface area contributed by atoms with Crippen molar-refractivity contribution in [2.24, 2.45) is 5.92 Å². The highest BCUT2D eigenvalue weighted by Gasteiger charge is 2.13. The van der Waals surface area contributed by atoms with E-state index in [0.717, 1.165) is 11.4 Å². The minimum absolute atomic E-state index is 0.139. The zero-order valence-corrected chi connectivity index (χ0v) is 9.91. The highest BCUT2D eigenvalue weighted by Crippen LogP contribution is 2.19. The summed E-state index contributed by atoms with van der Waals surface area (Å²) in [6.07, 6.45) is 1.42. The maximum atomic E-state index is 9.01. The number of nitrogens with zero attached hydrogens (tertiary/aromatic N) is 2. The second-order valence-electron chi connectivity index (χ2n) is 3.73. The predicted octanol–water partition coefficient (Wildman–Crippen LogP) is 1.87. The number of halogens is 1. The number of aliphatic hydroxyl groups excluding tert-OH is 1. The fourth-order valence-electron chi connectivity index (χ4n) is 1.09. The zero-order chi connectivity index (χ0) is 11.4. The summed E-state index contributed by atoms with van der Waals surface area (Å²) in [5.74, 6) is 0.890. The predicted molar refractivity (Wildman–Crippen MR) is 61.1 cm³/mol. The van der Waals surface area contributed by atoms with Crippen LogP contribution in [0.3, 0.4) is 0 Å². The fourth-order valence-corrected chi connectivity index (χ4v) is 1.22. The van der Waals surface area contributed by atoms with Crippen molar-refractivity contribution in [3.05, 3.63) is 17.0 Å². The molecule has 1 rings (SSSR count). The van der Waals surface area contributed by atoms with E-state index in [9.17, 15) is 0 Å². The smallest absolute Gasteiger partial charge is 0.137 e. The van der Waals surface area contributed by atoms with Crippen molar-refractivity contribution in [3.8, 4) is 0 Å². The van der Waals surface area contributed by atoms with Crippen molar-refractivity contribution in [2.45, 2.75) is 26.8 Å². The molecule has 1 heterocycles. The zero-order valence-electron chi connectivity index (χ0n) is 9.16. The minimum Gasteiger partial charge on any atom is -0.396 e. The van der Waals surface area contributed by atoms with Gasteiger partial charge in [-0.25, -0.2) is 9.97 Å². The Morgan fingerprint density at radius 3 is 2.73 bits per heavy atom. The summed E-state index contributed by atoms with van der Waals surface area (Å²) in [7, 11) is 0. The van der Waals surface area contributed by atoms with Crippen molar-refractivity contribution in [1.82, 2.24) is 9.97 Å². The molecule has 0 aliphatic carbocycles. The molecule has 0 bridgehead atoms. The first kappa shape index (κ1) is 12.2. The first-order valence-electron chi connectivity index (χ1n) is 4.90. The van der Waals surface area contributed by atoms with Crippen LogP contribution in [0.1, 0.15) is 19.4 Å². The van der Waals surface area contributed by atoms with E-state index < -0.39 is 0 Å². The van der Waals surface area contributed by atoms with Crippen molar-refractivity contribution in [1.29, 1.82) is 0 Å². The number of hydrogen-bond acceptors (Lipinski definition) is 4. The molecule has 0 amide bonds. The Balaban J connectivity index is 2.76. The highest BCUT2D eigenvalue weighted by atomic mass is 35.5. The maximum Gasteiger partial charge on any atom is 0.137 e. The van der Waals surface area contributed by atoms with E-state index in [4.69, 9.17) is 16.7 Å². The molecule has 0 radical (unpaired) electrons. The van der Waals surface area contributed by atoms with Gasteiger partial charge in [-0.05, 0) is 19.8 Å². The average Bonchev–Trinajstić information content (AvgIpc) is 2.23. The Bertz CT molecular complexity index is 332. The van der Waals surface area contributed by atoms with E-state index in [0.29, 0.717) is 5.15 Å². The number of aliphatic hydroxyl groups is 1. The van der Waals surface area contributed by atoms with Crippen LogP contribution in [0, 0.1) is 12.8 Å². The molecule has 84 valence electrons. The fraction of sp³-hybridized carbons (Fsp3) is 0.600. The monoisotopic (exact) mass is 229 g/mol. The van der Waals surface area contributed by atoms with Crippen molar-refractivity contribution >= 4 is 17.4 Å². The molecule has 0 aromatic carbocycles. The molecule has 2 N–H and O–H groups in total. The normalized spacial score (nSPS) is 14.7. The first-order valence-corrected chi connectivity index (χ1v) is 5.28. The number of anilines is 1. The standard InChI is InChI=1S/C10H16ClN3O/c1-6(4-15)8(3)14-10-7(2)9(11)12-5-13-10/h5-6,8,15H,4H2,1-3H3,(H,12,13,14). The first-order chi connectivity index (χ1) is 7.06. The summed E-state index contributed by atoms with van der Waals surface area (Å²) in [5, 5.41) is 12.7. The topological polar surface area (TPSA) is 58.0 Å². The van der Waals surface area contributed by atoms with Crippen LogP contribution in [0.25, 0.3) is 0 Å². The van der Waals surface area contributed by atoms with E-state index in [2.05, 4.69) is 15.3 Å². The quantitative estimate of drug-likeness (QED) is 0.774. The van der Waals surface area contributed by atoms with Gasteiger partial charge in [0, 0.05) is 18.2 Å². The lowest BCUT2D eigenvalue weighted by molar-refractivity contribution is 0.226. The van der Waals surface area contributed by atoms with Crippen LogP contribution in [0.5, 0.6) is 0 Å². The van der Waals surface area contributed by atoms with Crippen molar-refractivity contribution < 1.29 is 5.11 Å². The molecule has 0 spiro atoms. The Morgan fingerprint density at radius 1 is 1.47 bits per heavy atom. The van der Waals surface area contributed by atoms with Crippen LogP contribution in [0.4, 0.5) is 5.82 Å². The SMILES string of the molecule is Cc1c(Cl)ncnc1NC(C)C(C)CO. The molecule has 5 heteroatoms. The van der Waals surface area contributed by atoms with E-state index >= 15 is 0 Å². The van der Waals surface area contributed by atoms with Crippen LogP contribution < -0.4 is 5.32 Å². The lowest BCUT2D eigenvalue weighted by atomic mass is 10.1. The number of aromatic nitrogens is 2. The molecule has 2 unspecified atom stereocenters. The second kappa shape index (κ2) is 5.28. The molecule has 0 aliphatic heterocycles. The van der Waals surface area contributed by atoms with Gasteiger partial charge >= 0.3 is 0 Å². The third-order valence-electron chi connectivity index (χ3n) is 2.53. The lowest BCUT2D eigenvalue weighted by Crippen LogP contribution is -2.27. The van der Waals surface area contributed by atoms with Crippen LogP contribution in [-0.2, 0) is 0 Å². The number of hydrogen-bond donors (Lipinski definition) is 2. The molecule has 0 saturated carbocycles. The maximum absolute atomic E-state index is 9.01. The Kier molecular flexibility index (Phi) is 4.29. The molecule has 0 fully saturated rings. The average molecular weight is 230 g/mol. The van der Waals surface area contributed by atoms with Crippen LogP contribution >= 0.6 is 11.6 Å². The van der Waals surface area contributed by atoms with E-state index in [1.807, 2.05) is 20.8 Å². The van der Waals surface area contributed by atoms with Gasteiger partial charge in [-0.1, -0.05) is 18.5 Å². The largest absolute Gasteiger partial charge is 0.396 e. The molecule has 1 aromatic heterocycles. The van der Waals surface area contributed by atoms with Gasteiger partial charge in [0.05, 0.1) is 0 Å². The van der Waals surface area contributed by atoms with Crippen LogP contribution in [0.2, 0.25) is 5.15 Å². The highest BCUT2D eigenvalue weighted by molar-refractivity contribution is 6.30. The molecule has 2 atom stereocenters. The van der Waals surface area contributed by atoms with Gasteiger partial charge in [-0.2, -0.15) is 0 Å². The number of rotatable bonds is 4. The van der Waals surface area contributed by atoms with E-state index in [1.54, 1.807) is 0 Å². The van der Waals surface area contributed by atoms with Gasteiger partial charge in [0.25, 0.3) is 0 Å². The Labute approximate surface area is 94.7 Å². The number of nitrogens with one attached hydrogen (secondary N) is 1. The van der Waals surface area contributed by atoms with Crippen molar-refractivity contribution in [3.63, 3.8) is 0 Å². The van der Waals surface area contributed by atoms with Crippen LogP contribution in [0.15, 0.2) is 6.33 Å². The Hall–Kier alpha value is -0.870. The van der Waals surface area contributed by atoms with Gasteiger partial charge < -0.3 is 10.4 Å². The summed E-state index contributed by atoms with van der Waals surface area (Å²) in [5.41, 5.74) is 0.830. The molecule has 1 aromatic rings. The Morgan fingerprint density at radius 2 is 2.13 bits per heavy atom. The van der Waals surface area contributed by atoms with Gasteiger partial charge in [0.15, 0.2) is 0 Å². The van der Waals surface area contributed by atoms with Gasteiger partial charge in [-0.15, -0.1) is 0 Å². The third kappa shape index (κ3) is 3.04. The van der Waals surface area contributed by atoms with Gasteiger partial charge in [0.1, 0.15) is 17.3 Å².